The van der Waals surface area contributed by atoms with E-state index in [0.717, 1.165) is 106 Å². The lowest BCUT2D eigenvalue weighted by atomic mass is 9.91. The van der Waals surface area contributed by atoms with Gasteiger partial charge in [-0.1, -0.05) is 207 Å². The second-order valence-electron chi connectivity index (χ2n) is 16.7. The van der Waals surface area contributed by atoms with E-state index < -0.39 is 0 Å². The van der Waals surface area contributed by atoms with Crippen LogP contribution in [-0.2, 0) is 0 Å². The smallest absolute Gasteiger partial charge is 0.160 e. The van der Waals surface area contributed by atoms with Gasteiger partial charge in [-0.15, -0.1) is 0 Å². The lowest BCUT2D eigenvalue weighted by molar-refractivity contribution is 1.23. The molecule has 10 aromatic rings. The van der Waals surface area contributed by atoms with Crippen LogP contribution < -0.4 is 0 Å². The maximum Gasteiger partial charge on any atom is 0.160 e. The standard InChI is InChI=1S/C63H44N4/c1-43-15-5-4-12-38-64-58(36-26-43)47-29-33-50(34-30-47)63-66-61(49-31-27-48(28-32-49)60-37-35-46-20-10-11-25-59(46)65-60)57-42-55(53-23-13-21-51(39-53)44-16-6-2-7-17-44)41-56(62(57)67-63)54-24-14-22-52(40-54)45-18-8-3-9-19-45/h2-37,39-42H,1,38H2/b12-4-,15-5-,36-26?,64-58?. The molecular formula is C63H44N4. The van der Waals surface area contributed by atoms with Gasteiger partial charge >= 0.3 is 0 Å². The molecule has 1 aliphatic rings. The Morgan fingerprint density at radius 1 is 0.388 bits per heavy atom. The average molecular weight is 857 g/mol. The van der Waals surface area contributed by atoms with Gasteiger partial charge in [0.05, 0.1) is 34.7 Å². The van der Waals surface area contributed by atoms with Crippen LogP contribution in [0.1, 0.15) is 5.56 Å². The fourth-order valence-corrected chi connectivity index (χ4v) is 8.74. The van der Waals surface area contributed by atoms with Crippen LogP contribution in [0.2, 0.25) is 0 Å². The molecule has 4 heteroatoms. The van der Waals surface area contributed by atoms with E-state index in [1.54, 1.807) is 0 Å². The number of aliphatic imine (C=N–C) groups is 1. The number of aromatic nitrogens is 3. The minimum absolute atomic E-state index is 0.581. The molecule has 316 valence electrons. The zero-order valence-corrected chi connectivity index (χ0v) is 36.8. The van der Waals surface area contributed by atoms with Crippen molar-refractivity contribution in [1.29, 1.82) is 0 Å². The third-order valence-electron chi connectivity index (χ3n) is 12.3. The predicted octanol–water partition coefficient (Wildman–Crippen LogP) is 15.9. The summed E-state index contributed by atoms with van der Waals surface area (Å²) in [6, 6.07) is 72.8. The molecule has 0 amide bonds. The monoisotopic (exact) mass is 856 g/mol. The third-order valence-corrected chi connectivity index (χ3v) is 12.3. The van der Waals surface area contributed by atoms with Crippen molar-refractivity contribution < 1.29 is 0 Å². The van der Waals surface area contributed by atoms with Crippen LogP contribution in [0.25, 0.3) is 100 Å². The van der Waals surface area contributed by atoms with E-state index in [9.17, 15) is 0 Å². The van der Waals surface area contributed by atoms with Crippen LogP contribution in [0, 0.1) is 0 Å². The molecule has 1 aliphatic heterocycles. The predicted molar refractivity (Wildman–Crippen MR) is 281 cm³/mol. The molecule has 0 saturated heterocycles. The van der Waals surface area contributed by atoms with Crippen molar-refractivity contribution in [2.75, 3.05) is 6.54 Å². The first-order chi connectivity index (χ1) is 33.1. The number of para-hydroxylation sites is 1. The first-order valence-electron chi connectivity index (χ1n) is 22.6. The van der Waals surface area contributed by atoms with Gasteiger partial charge in [0.25, 0.3) is 0 Å². The van der Waals surface area contributed by atoms with E-state index in [1.165, 1.54) is 5.56 Å². The molecule has 8 aromatic carbocycles. The number of nitrogens with zero attached hydrogens (tertiary/aromatic N) is 4. The van der Waals surface area contributed by atoms with Gasteiger partial charge in [0.2, 0.25) is 0 Å². The zero-order chi connectivity index (χ0) is 44.9. The molecular weight excluding hydrogens is 813 g/mol. The Balaban J connectivity index is 1.11. The van der Waals surface area contributed by atoms with Gasteiger partial charge in [0, 0.05) is 33.0 Å². The van der Waals surface area contributed by atoms with Gasteiger partial charge < -0.3 is 0 Å². The summed E-state index contributed by atoms with van der Waals surface area (Å²) >= 11 is 0. The van der Waals surface area contributed by atoms with E-state index >= 15 is 0 Å². The van der Waals surface area contributed by atoms with E-state index in [1.807, 2.05) is 48.6 Å². The normalized spacial score (nSPS) is 13.6. The quantitative estimate of drug-likeness (QED) is 0.153. The largest absolute Gasteiger partial charge is 0.281 e. The minimum Gasteiger partial charge on any atom is -0.281 e. The van der Waals surface area contributed by atoms with Gasteiger partial charge in [-0.3, -0.25) is 4.99 Å². The summed E-state index contributed by atoms with van der Waals surface area (Å²) < 4.78 is 0. The third kappa shape index (κ3) is 8.72. The Labute approximate surface area is 391 Å². The summed E-state index contributed by atoms with van der Waals surface area (Å²) in [4.78, 5) is 20.9. The average Bonchev–Trinajstić information content (AvgIpc) is 3.40. The van der Waals surface area contributed by atoms with Crippen LogP contribution in [0.3, 0.4) is 0 Å². The summed E-state index contributed by atoms with van der Waals surface area (Å²) in [6.07, 6.45) is 12.1. The molecule has 0 unspecified atom stereocenters. The highest BCUT2D eigenvalue weighted by atomic mass is 14.9. The zero-order valence-electron chi connectivity index (χ0n) is 36.8. The Kier molecular flexibility index (Phi) is 11.2. The van der Waals surface area contributed by atoms with Crippen LogP contribution in [0.4, 0.5) is 0 Å². The van der Waals surface area contributed by atoms with Crippen molar-refractivity contribution in [2.24, 2.45) is 4.99 Å². The first kappa shape index (κ1) is 40.9. The minimum atomic E-state index is 0.581. The molecule has 0 spiro atoms. The number of hydrogen-bond acceptors (Lipinski definition) is 4. The van der Waals surface area contributed by atoms with Crippen molar-refractivity contribution in [2.45, 2.75) is 0 Å². The van der Waals surface area contributed by atoms with E-state index in [0.29, 0.717) is 12.4 Å². The molecule has 0 radical (unpaired) electrons. The Bertz CT molecular complexity index is 3580. The second-order valence-corrected chi connectivity index (χ2v) is 16.7. The second kappa shape index (κ2) is 18.3. The summed E-state index contributed by atoms with van der Waals surface area (Å²) in [5, 5.41) is 2.08. The summed E-state index contributed by atoms with van der Waals surface area (Å²) in [6.45, 7) is 4.75. The fraction of sp³-hybridized carbons (Fsp3) is 0.0159. The Morgan fingerprint density at radius 2 is 1.00 bits per heavy atom. The summed E-state index contributed by atoms with van der Waals surface area (Å²) in [5.74, 6) is 0.637. The van der Waals surface area contributed by atoms with Gasteiger partial charge in [-0.2, -0.15) is 0 Å². The van der Waals surface area contributed by atoms with Gasteiger partial charge in [0.15, 0.2) is 5.82 Å². The highest BCUT2D eigenvalue weighted by Gasteiger charge is 2.19. The topological polar surface area (TPSA) is 51.0 Å². The lowest BCUT2D eigenvalue weighted by Gasteiger charge is -2.17. The van der Waals surface area contributed by atoms with Crippen LogP contribution in [0.5, 0.6) is 0 Å². The number of hydrogen-bond donors (Lipinski definition) is 0. The Morgan fingerprint density at radius 3 is 1.75 bits per heavy atom. The number of allylic oxidation sites excluding steroid dienone is 6. The van der Waals surface area contributed by atoms with Gasteiger partial charge in [-0.25, -0.2) is 15.0 Å². The van der Waals surface area contributed by atoms with Crippen molar-refractivity contribution in [1.82, 2.24) is 15.0 Å². The maximum atomic E-state index is 5.51. The fourth-order valence-electron chi connectivity index (χ4n) is 8.74. The van der Waals surface area contributed by atoms with E-state index in [-0.39, 0.29) is 0 Å². The van der Waals surface area contributed by atoms with Crippen LogP contribution in [-0.4, -0.2) is 27.2 Å². The number of benzene rings is 8. The van der Waals surface area contributed by atoms with Crippen molar-refractivity contribution in [3.05, 3.63) is 260 Å². The summed E-state index contributed by atoms with van der Waals surface area (Å²) in [5.41, 5.74) is 18.2. The number of pyridine rings is 1. The highest BCUT2D eigenvalue weighted by molar-refractivity contribution is 6.09. The number of rotatable bonds is 8. The highest BCUT2D eigenvalue weighted by Crippen LogP contribution is 2.41. The number of fused-ring (bicyclic) bond motifs is 2. The molecule has 0 N–H and O–H groups in total. The molecule has 0 atom stereocenters. The first-order valence-corrected chi connectivity index (χ1v) is 22.6. The molecule has 0 fully saturated rings. The van der Waals surface area contributed by atoms with Gasteiger partial charge in [0.1, 0.15) is 0 Å². The maximum absolute atomic E-state index is 5.51. The Hall–Kier alpha value is -8.86. The molecule has 67 heavy (non-hydrogen) atoms. The van der Waals surface area contributed by atoms with Gasteiger partial charge in [-0.05, 0) is 92.6 Å². The SMILES string of the molecule is C=C1C=CC(c2ccc(-c3nc(-c4ccc(-c5ccc6ccccc6n5)cc4)c4cc(-c5cccc(-c6ccccc6)c5)cc(-c5cccc(-c6ccccc6)c5)c4n3)cc2)=NC/C=C\C=C/1. The van der Waals surface area contributed by atoms with Crippen molar-refractivity contribution in [3.63, 3.8) is 0 Å². The van der Waals surface area contributed by atoms with E-state index in [2.05, 4.69) is 201 Å². The van der Waals surface area contributed by atoms with Crippen molar-refractivity contribution >= 4 is 27.5 Å². The van der Waals surface area contributed by atoms with Crippen LogP contribution >= 0.6 is 0 Å². The van der Waals surface area contributed by atoms with E-state index in [4.69, 9.17) is 19.9 Å². The molecule has 0 bridgehead atoms. The molecule has 11 rings (SSSR count). The molecule has 2 aromatic heterocycles. The molecule has 0 aliphatic carbocycles. The summed E-state index contributed by atoms with van der Waals surface area (Å²) in [7, 11) is 0. The molecule has 4 nitrogen and oxygen atoms in total. The molecule has 3 heterocycles. The van der Waals surface area contributed by atoms with Crippen LogP contribution in [0.15, 0.2) is 260 Å². The van der Waals surface area contributed by atoms with Crippen molar-refractivity contribution in [3.8, 4) is 78.4 Å². The lowest BCUT2D eigenvalue weighted by Crippen LogP contribution is -2.00. The molecule has 0 saturated carbocycles.